The molecule has 2 aromatic rings. The van der Waals surface area contributed by atoms with Gasteiger partial charge in [-0.3, -0.25) is 0 Å². The van der Waals surface area contributed by atoms with E-state index in [9.17, 15) is 17.6 Å². The molecule has 0 radical (unpaired) electrons. The molecule has 0 bridgehead atoms. The molecule has 3 rings (SSSR count). The van der Waals surface area contributed by atoms with Gasteiger partial charge >= 0.3 is 5.97 Å². The molecule has 0 amide bonds. The van der Waals surface area contributed by atoms with Gasteiger partial charge in [-0.2, -0.15) is 4.31 Å². The number of carbonyl (C=O) groups is 1. The molecule has 1 fully saturated rings. The quantitative estimate of drug-likeness (QED) is 0.480. The molecule has 0 aromatic heterocycles. The fourth-order valence-corrected chi connectivity index (χ4v) is 4.70. The standard InChI is InChI=1S/C20H22FNO6S/c1-26-18-9-8-15(14-19(18)29(24,25)22-10-4-5-11-22)20(23)28-13-12-27-17-7-3-2-6-16(17)21/h2-3,6-9,14H,4-5,10-13H2,1H3. The number of para-hydroxylation sites is 1. The van der Waals surface area contributed by atoms with Crippen LogP contribution in [0.4, 0.5) is 4.39 Å². The van der Waals surface area contributed by atoms with E-state index >= 15 is 0 Å². The summed E-state index contributed by atoms with van der Waals surface area (Å²) in [4.78, 5) is 12.3. The summed E-state index contributed by atoms with van der Waals surface area (Å²) >= 11 is 0. The van der Waals surface area contributed by atoms with E-state index in [1.165, 1.54) is 41.7 Å². The number of sulfonamides is 1. The number of methoxy groups -OCH3 is 1. The second kappa shape index (κ2) is 9.23. The number of hydrogen-bond acceptors (Lipinski definition) is 6. The van der Waals surface area contributed by atoms with Crippen molar-refractivity contribution in [3.05, 3.63) is 53.8 Å². The zero-order valence-electron chi connectivity index (χ0n) is 16.0. The minimum Gasteiger partial charge on any atom is -0.495 e. The molecule has 7 nitrogen and oxygen atoms in total. The van der Waals surface area contributed by atoms with E-state index in [-0.39, 0.29) is 35.2 Å². The first-order valence-electron chi connectivity index (χ1n) is 9.16. The highest BCUT2D eigenvalue weighted by molar-refractivity contribution is 7.89. The minimum atomic E-state index is -3.77. The first kappa shape index (κ1) is 21.1. The van der Waals surface area contributed by atoms with Gasteiger partial charge in [0.1, 0.15) is 23.9 Å². The summed E-state index contributed by atoms with van der Waals surface area (Å²) < 4.78 is 56.1. The largest absolute Gasteiger partial charge is 0.495 e. The third-order valence-corrected chi connectivity index (χ3v) is 6.41. The van der Waals surface area contributed by atoms with Gasteiger partial charge in [-0.15, -0.1) is 0 Å². The molecule has 0 unspecified atom stereocenters. The van der Waals surface area contributed by atoms with Gasteiger partial charge in [0.25, 0.3) is 0 Å². The Balaban J connectivity index is 1.67. The first-order chi connectivity index (χ1) is 13.9. The highest BCUT2D eigenvalue weighted by atomic mass is 32.2. The smallest absolute Gasteiger partial charge is 0.338 e. The van der Waals surface area contributed by atoms with Crippen molar-refractivity contribution in [2.24, 2.45) is 0 Å². The summed E-state index contributed by atoms with van der Waals surface area (Å²) in [7, 11) is -2.40. The van der Waals surface area contributed by atoms with Crippen LogP contribution in [0.3, 0.4) is 0 Å². The van der Waals surface area contributed by atoms with E-state index < -0.39 is 21.8 Å². The van der Waals surface area contributed by atoms with Crippen molar-refractivity contribution in [1.82, 2.24) is 4.31 Å². The number of benzene rings is 2. The first-order valence-corrected chi connectivity index (χ1v) is 10.6. The molecule has 1 aliphatic rings. The second-order valence-electron chi connectivity index (χ2n) is 6.39. The maximum absolute atomic E-state index is 13.5. The Morgan fingerprint density at radius 1 is 1.07 bits per heavy atom. The molecule has 1 saturated heterocycles. The van der Waals surface area contributed by atoms with E-state index in [1.807, 2.05) is 0 Å². The lowest BCUT2D eigenvalue weighted by atomic mass is 10.2. The number of esters is 1. The monoisotopic (exact) mass is 423 g/mol. The number of rotatable bonds is 8. The predicted molar refractivity (Wildman–Crippen MR) is 103 cm³/mol. The number of halogens is 1. The molecule has 0 atom stereocenters. The Morgan fingerprint density at radius 2 is 1.79 bits per heavy atom. The molecule has 0 saturated carbocycles. The Kier molecular flexibility index (Phi) is 6.71. The summed E-state index contributed by atoms with van der Waals surface area (Å²) in [6.07, 6.45) is 1.59. The fraction of sp³-hybridized carbons (Fsp3) is 0.350. The minimum absolute atomic E-state index is 0.0399. The van der Waals surface area contributed by atoms with Crippen molar-refractivity contribution in [2.45, 2.75) is 17.7 Å². The third-order valence-electron chi connectivity index (χ3n) is 4.49. The van der Waals surface area contributed by atoms with Gasteiger partial charge in [-0.05, 0) is 43.2 Å². The van der Waals surface area contributed by atoms with Gasteiger partial charge in [-0.25, -0.2) is 17.6 Å². The molecule has 0 aliphatic carbocycles. The molecule has 0 N–H and O–H groups in total. The van der Waals surface area contributed by atoms with Crippen LogP contribution in [0.25, 0.3) is 0 Å². The molecular weight excluding hydrogens is 401 g/mol. The molecular formula is C20H22FNO6S. The lowest BCUT2D eigenvalue weighted by Crippen LogP contribution is -2.28. The van der Waals surface area contributed by atoms with E-state index in [0.717, 1.165) is 12.8 Å². The van der Waals surface area contributed by atoms with Gasteiger partial charge in [0.05, 0.1) is 12.7 Å². The summed E-state index contributed by atoms with van der Waals surface area (Å²) in [5.41, 5.74) is 0.0782. The molecule has 156 valence electrons. The van der Waals surface area contributed by atoms with Crippen molar-refractivity contribution in [2.75, 3.05) is 33.4 Å². The SMILES string of the molecule is COc1ccc(C(=O)OCCOc2ccccc2F)cc1S(=O)(=O)N1CCCC1. The Bertz CT molecular complexity index is 973. The van der Waals surface area contributed by atoms with Crippen molar-refractivity contribution < 1.29 is 31.8 Å². The molecule has 29 heavy (non-hydrogen) atoms. The predicted octanol–water partition coefficient (Wildman–Crippen LogP) is 2.85. The highest BCUT2D eigenvalue weighted by Gasteiger charge is 2.30. The summed E-state index contributed by atoms with van der Waals surface area (Å²) in [6, 6.07) is 10.0. The lowest BCUT2D eigenvalue weighted by molar-refractivity contribution is 0.0448. The molecule has 9 heteroatoms. The Morgan fingerprint density at radius 3 is 2.48 bits per heavy atom. The summed E-state index contributed by atoms with van der Waals surface area (Å²) in [6.45, 7) is 0.719. The van der Waals surface area contributed by atoms with Gasteiger partial charge in [0.2, 0.25) is 10.0 Å². The normalized spacial score (nSPS) is 14.6. The maximum Gasteiger partial charge on any atom is 0.338 e. The van der Waals surface area contributed by atoms with Crippen LogP contribution in [-0.2, 0) is 14.8 Å². The van der Waals surface area contributed by atoms with Gasteiger partial charge in [0.15, 0.2) is 11.6 Å². The van der Waals surface area contributed by atoms with Crippen LogP contribution >= 0.6 is 0 Å². The third kappa shape index (κ3) is 4.86. The van der Waals surface area contributed by atoms with Crippen LogP contribution in [0.2, 0.25) is 0 Å². The van der Waals surface area contributed by atoms with Crippen LogP contribution in [0, 0.1) is 5.82 Å². The summed E-state index contributed by atoms with van der Waals surface area (Å²) in [5.74, 6) is -0.989. The van der Waals surface area contributed by atoms with Crippen molar-refractivity contribution in [1.29, 1.82) is 0 Å². The Labute approximate surface area is 169 Å². The van der Waals surface area contributed by atoms with Crippen LogP contribution in [0.1, 0.15) is 23.2 Å². The zero-order chi connectivity index (χ0) is 20.9. The van der Waals surface area contributed by atoms with Crippen LogP contribution in [0.15, 0.2) is 47.4 Å². The van der Waals surface area contributed by atoms with Crippen LogP contribution < -0.4 is 9.47 Å². The fourth-order valence-electron chi connectivity index (χ4n) is 3.00. The Hall–Kier alpha value is -2.65. The van der Waals surface area contributed by atoms with E-state index in [4.69, 9.17) is 14.2 Å². The number of hydrogen-bond donors (Lipinski definition) is 0. The van der Waals surface area contributed by atoms with Crippen LogP contribution in [0.5, 0.6) is 11.5 Å². The van der Waals surface area contributed by atoms with Crippen molar-refractivity contribution >= 4 is 16.0 Å². The number of nitrogens with zero attached hydrogens (tertiary/aromatic N) is 1. The summed E-state index contributed by atoms with van der Waals surface area (Å²) in [5, 5.41) is 0. The van der Waals surface area contributed by atoms with E-state index in [2.05, 4.69) is 0 Å². The van der Waals surface area contributed by atoms with Gasteiger partial charge < -0.3 is 14.2 Å². The van der Waals surface area contributed by atoms with E-state index in [1.54, 1.807) is 12.1 Å². The average Bonchev–Trinajstić information content (AvgIpc) is 3.27. The maximum atomic E-state index is 13.5. The topological polar surface area (TPSA) is 82.1 Å². The van der Waals surface area contributed by atoms with Crippen molar-refractivity contribution in [3.8, 4) is 11.5 Å². The number of ether oxygens (including phenoxy) is 3. The molecule has 1 heterocycles. The molecule has 0 spiro atoms. The second-order valence-corrected chi connectivity index (χ2v) is 8.30. The van der Waals surface area contributed by atoms with Crippen molar-refractivity contribution in [3.63, 3.8) is 0 Å². The zero-order valence-corrected chi connectivity index (χ0v) is 16.8. The van der Waals surface area contributed by atoms with Gasteiger partial charge in [-0.1, -0.05) is 12.1 Å². The van der Waals surface area contributed by atoms with E-state index in [0.29, 0.717) is 13.1 Å². The van der Waals surface area contributed by atoms with Crippen LogP contribution in [-0.4, -0.2) is 52.1 Å². The van der Waals surface area contributed by atoms with Gasteiger partial charge in [0, 0.05) is 13.1 Å². The lowest BCUT2D eigenvalue weighted by Gasteiger charge is -2.18. The highest BCUT2D eigenvalue weighted by Crippen LogP contribution is 2.30. The average molecular weight is 423 g/mol. The molecule has 2 aromatic carbocycles. The molecule has 1 aliphatic heterocycles. The number of carbonyl (C=O) groups excluding carboxylic acids is 1.